The number of carbonyl (C=O) groups is 3. The van der Waals surface area contributed by atoms with E-state index in [1.54, 1.807) is 13.8 Å². The van der Waals surface area contributed by atoms with E-state index in [2.05, 4.69) is 15.4 Å². The van der Waals surface area contributed by atoms with Gasteiger partial charge in [0, 0.05) is 6.54 Å². The number of esters is 1. The molecule has 104 valence electrons. The molecule has 0 saturated heterocycles. The highest BCUT2D eigenvalue weighted by Gasteiger charge is 2.29. The summed E-state index contributed by atoms with van der Waals surface area (Å²) in [6, 6.07) is -0.674. The molecule has 0 fully saturated rings. The molecule has 0 aromatic heterocycles. The molecular formula is C10H18N2O6. The van der Waals surface area contributed by atoms with Crippen LogP contribution in [0.4, 0.5) is 4.79 Å². The summed E-state index contributed by atoms with van der Waals surface area (Å²) in [5.74, 6) is -1.90. The predicted molar refractivity (Wildman–Crippen MR) is 60.8 cm³/mol. The lowest BCUT2D eigenvalue weighted by Gasteiger charge is -2.21. The van der Waals surface area contributed by atoms with Gasteiger partial charge in [0.15, 0.2) is 6.10 Å². The van der Waals surface area contributed by atoms with Crippen LogP contribution in [-0.2, 0) is 14.3 Å². The predicted octanol–water partition coefficient (Wildman–Crippen LogP) is -1.07. The summed E-state index contributed by atoms with van der Waals surface area (Å²) < 4.78 is 4.55. The van der Waals surface area contributed by atoms with Crippen molar-refractivity contribution in [3.05, 3.63) is 0 Å². The molecular weight excluding hydrogens is 244 g/mol. The fraction of sp³-hybridized carbons (Fsp3) is 0.700. The molecule has 0 aliphatic carbocycles. The molecule has 1 atom stereocenters. The van der Waals surface area contributed by atoms with Crippen LogP contribution in [0.3, 0.4) is 0 Å². The topological polar surface area (TPSA) is 125 Å². The van der Waals surface area contributed by atoms with Crippen molar-refractivity contribution < 1.29 is 29.3 Å². The van der Waals surface area contributed by atoms with Crippen molar-refractivity contribution >= 4 is 18.0 Å². The fourth-order valence-electron chi connectivity index (χ4n) is 0.989. The Morgan fingerprint density at radius 3 is 2.28 bits per heavy atom. The molecule has 8 heteroatoms. The maximum atomic E-state index is 11.3. The number of aliphatic carboxylic acids is 1. The number of urea groups is 1. The lowest BCUT2D eigenvalue weighted by Crippen LogP contribution is -2.46. The molecule has 0 spiro atoms. The molecule has 0 bridgehead atoms. The van der Waals surface area contributed by atoms with Gasteiger partial charge >= 0.3 is 18.0 Å². The van der Waals surface area contributed by atoms with Gasteiger partial charge in [-0.15, -0.1) is 0 Å². The van der Waals surface area contributed by atoms with Gasteiger partial charge in [-0.25, -0.2) is 9.59 Å². The van der Waals surface area contributed by atoms with Crippen molar-refractivity contribution in [2.75, 3.05) is 20.2 Å². The van der Waals surface area contributed by atoms with Crippen LogP contribution < -0.4 is 10.6 Å². The van der Waals surface area contributed by atoms with Gasteiger partial charge in [0.1, 0.15) is 0 Å². The third-order valence-corrected chi connectivity index (χ3v) is 2.17. The second-order valence-corrected chi connectivity index (χ2v) is 4.29. The lowest BCUT2D eigenvalue weighted by atomic mass is 9.94. The standard InChI is InChI=1S/C10H18N2O6/c1-10(2,8(16)18-3)5-12-9(17)11-4-6(13)7(14)15/h6,13H,4-5H2,1-3H3,(H,14,15)(H2,11,12,17)/t6-/m0/s1. The highest BCUT2D eigenvalue weighted by molar-refractivity contribution is 5.79. The summed E-state index contributed by atoms with van der Waals surface area (Å²) in [6.07, 6.45) is -1.66. The first-order valence-electron chi connectivity index (χ1n) is 5.21. The Morgan fingerprint density at radius 2 is 1.83 bits per heavy atom. The van der Waals surface area contributed by atoms with E-state index < -0.39 is 36.0 Å². The van der Waals surface area contributed by atoms with E-state index in [-0.39, 0.29) is 6.54 Å². The van der Waals surface area contributed by atoms with Gasteiger partial charge in [-0.2, -0.15) is 0 Å². The molecule has 0 aromatic rings. The number of carboxylic acids is 1. The molecule has 2 amide bonds. The molecule has 0 rings (SSSR count). The van der Waals surface area contributed by atoms with Gasteiger partial charge in [0.25, 0.3) is 0 Å². The number of hydrogen-bond donors (Lipinski definition) is 4. The van der Waals surface area contributed by atoms with E-state index in [1.165, 1.54) is 7.11 Å². The van der Waals surface area contributed by atoms with E-state index in [9.17, 15) is 14.4 Å². The molecule has 4 N–H and O–H groups in total. The van der Waals surface area contributed by atoms with Crippen LogP contribution in [0, 0.1) is 5.41 Å². The van der Waals surface area contributed by atoms with Crippen molar-refractivity contribution in [3.63, 3.8) is 0 Å². The summed E-state index contributed by atoms with van der Waals surface area (Å²) in [4.78, 5) is 32.8. The Balaban J connectivity index is 4.04. The number of carbonyl (C=O) groups excluding carboxylic acids is 2. The first-order valence-corrected chi connectivity index (χ1v) is 5.21. The molecule has 0 radical (unpaired) electrons. The number of carboxylic acid groups (broad SMARTS) is 1. The van der Waals surface area contributed by atoms with E-state index in [0.29, 0.717) is 0 Å². The average Bonchev–Trinajstić information content (AvgIpc) is 2.31. The van der Waals surface area contributed by atoms with Gasteiger partial charge in [-0.3, -0.25) is 4.79 Å². The van der Waals surface area contributed by atoms with Gasteiger partial charge in [0.05, 0.1) is 19.1 Å². The number of aliphatic hydroxyl groups excluding tert-OH is 1. The van der Waals surface area contributed by atoms with Crippen molar-refractivity contribution in [2.45, 2.75) is 20.0 Å². The normalized spacial score (nSPS) is 12.4. The van der Waals surface area contributed by atoms with Gasteiger partial charge in [0.2, 0.25) is 0 Å². The Labute approximate surface area is 104 Å². The van der Waals surface area contributed by atoms with Gasteiger partial charge in [-0.05, 0) is 13.8 Å². The van der Waals surface area contributed by atoms with Gasteiger partial charge in [-0.1, -0.05) is 0 Å². The van der Waals surface area contributed by atoms with Crippen LogP contribution in [0.5, 0.6) is 0 Å². The highest BCUT2D eigenvalue weighted by atomic mass is 16.5. The minimum Gasteiger partial charge on any atom is -0.479 e. The number of rotatable bonds is 6. The number of nitrogens with one attached hydrogen (secondary N) is 2. The van der Waals surface area contributed by atoms with Crippen LogP contribution in [0.25, 0.3) is 0 Å². The average molecular weight is 262 g/mol. The zero-order chi connectivity index (χ0) is 14.3. The van der Waals surface area contributed by atoms with E-state index in [0.717, 1.165) is 0 Å². The number of methoxy groups -OCH3 is 1. The first-order chi connectivity index (χ1) is 8.20. The molecule has 0 aromatic carbocycles. The fourth-order valence-corrected chi connectivity index (χ4v) is 0.989. The van der Waals surface area contributed by atoms with Crippen molar-refractivity contribution in [2.24, 2.45) is 5.41 Å². The molecule has 0 aliphatic heterocycles. The SMILES string of the molecule is COC(=O)C(C)(C)CNC(=O)NC[C@H](O)C(=O)O. The van der Waals surface area contributed by atoms with Crippen LogP contribution in [0.15, 0.2) is 0 Å². The highest BCUT2D eigenvalue weighted by Crippen LogP contribution is 2.14. The minimum absolute atomic E-state index is 0.0225. The smallest absolute Gasteiger partial charge is 0.334 e. The zero-order valence-corrected chi connectivity index (χ0v) is 10.5. The minimum atomic E-state index is -1.66. The van der Waals surface area contributed by atoms with Gasteiger partial charge < -0.3 is 25.6 Å². The maximum Gasteiger partial charge on any atom is 0.334 e. The second kappa shape index (κ2) is 6.80. The van der Waals surface area contributed by atoms with E-state index in [1.807, 2.05) is 0 Å². The van der Waals surface area contributed by atoms with Crippen molar-refractivity contribution in [1.29, 1.82) is 0 Å². The largest absolute Gasteiger partial charge is 0.479 e. The second-order valence-electron chi connectivity index (χ2n) is 4.29. The van der Waals surface area contributed by atoms with Crippen LogP contribution in [0.2, 0.25) is 0 Å². The Bertz CT molecular complexity index is 328. The number of hydrogen-bond acceptors (Lipinski definition) is 5. The summed E-state index contributed by atoms with van der Waals surface area (Å²) in [6.45, 7) is 2.78. The Hall–Kier alpha value is -1.83. The molecule has 18 heavy (non-hydrogen) atoms. The maximum absolute atomic E-state index is 11.3. The summed E-state index contributed by atoms with van der Waals surface area (Å²) in [7, 11) is 1.24. The summed E-state index contributed by atoms with van der Waals surface area (Å²) in [5.41, 5.74) is -0.891. The number of amides is 2. The first kappa shape index (κ1) is 16.2. The summed E-state index contributed by atoms with van der Waals surface area (Å²) >= 11 is 0. The molecule has 0 aliphatic rings. The Kier molecular flexibility index (Phi) is 6.11. The third kappa shape index (κ3) is 5.48. The van der Waals surface area contributed by atoms with E-state index in [4.69, 9.17) is 10.2 Å². The monoisotopic (exact) mass is 262 g/mol. The third-order valence-electron chi connectivity index (χ3n) is 2.17. The molecule has 0 heterocycles. The van der Waals surface area contributed by atoms with Crippen LogP contribution in [-0.4, -0.2) is 54.5 Å². The number of aliphatic hydroxyl groups is 1. The Morgan fingerprint density at radius 1 is 1.28 bits per heavy atom. The molecule has 8 nitrogen and oxygen atoms in total. The van der Waals surface area contributed by atoms with Crippen molar-refractivity contribution in [3.8, 4) is 0 Å². The lowest BCUT2D eigenvalue weighted by molar-refractivity contribution is -0.150. The zero-order valence-electron chi connectivity index (χ0n) is 10.5. The van der Waals surface area contributed by atoms with E-state index >= 15 is 0 Å². The quantitative estimate of drug-likeness (QED) is 0.452. The molecule has 0 unspecified atom stereocenters. The van der Waals surface area contributed by atoms with Crippen LogP contribution in [0.1, 0.15) is 13.8 Å². The van der Waals surface area contributed by atoms with Crippen LogP contribution >= 0.6 is 0 Å². The molecule has 0 saturated carbocycles. The van der Waals surface area contributed by atoms with Crippen molar-refractivity contribution in [1.82, 2.24) is 10.6 Å². The summed E-state index contributed by atoms with van der Waals surface area (Å²) in [5, 5.41) is 21.8. The number of ether oxygens (including phenoxy) is 1.